The van der Waals surface area contributed by atoms with E-state index in [1.54, 1.807) is 0 Å². The molecule has 3 rings (SSSR count). The van der Waals surface area contributed by atoms with Crippen molar-refractivity contribution in [3.63, 3.8) is 0 Å². The summed E-state index contributed by atoms with van der Waals surface area (Å²) in [5.74, 6) is 0. The van der Waals surface area contributed by atoms with E-state index in [1.807, 2.05) is 0 Å². The first-order valence-corrected chi connectivity index (χ1v) is 5.48. The van der Waals surface area contributed by atoms with Crippen molar-refractivity contribution < 1.29 is 0 Å². The van der Waals surface area contributed by atoms with Crippen molar-refractivity contribution in [2.75, 3.05) is 0 Å². The molecule has 0 N–H and O–H groups in total. The lowest BCUT2D eigenvalue weighted by atomic mass is 10.0. The molecular weight excluding hydrogens is 216 g/mol. The van der Waals surface area contributed by atoms with Crippen molar-refractivity contribution in [3.05, 3.63) is 60.7 Å². The van der Waals surface area contributed by atoms with Gasteiger partial charge in [-0.3, -0.25) is 0 Å². The van der Waals surface area contributed by atoms with Crippen LogP contribution in [0.2, 0.25) is 0 Å². The molecule has 0 radical (unpaired) electrons. The first kappa shape index (κ1) is 13.4. The zero-order chi connectivity index (χ0) is 13.4. The minimum atomic E-state index is 1.31. The average Bonchev–Trinajstić information content (AvgIpc) is 2.49. The highest BCUT2D eigenvalue weighted by atomic mass is 14.0. The molecule has 0 heteroatoms. The Balaban J connectivity index is 0.000000371. The highest BCUT2D eigenvalue weighted by Gasteiger charge is 1.95. The largest absolute Gasteiger partial charge is 0.124 e. The van der Waals surface area contributed by atoms with Crippen molar-refractivity contribution in [2.45, 2.75) is 0 Å². The van der Waals surface area contributed by atoms with E-state index < -0.39 is 0 Å². The normalized spacial score (nSPS) is 8.67. The number of fused-ring (bicyclic) bond motifs is 2. The van der Waals surface area contributed by atoms with Crippen LogP contribution >= 0.6 is 0 Å². The Morgan fingerprint density at radius 3 is 0.889 bits per heavy atom. The third kappa shape index (κ3) is 2.70. The van der Waals surface area contributed by atoms with Crippen molar-refractivity contribution in [2.24, 2.45) is 0 Å². The summed E-state index contributed by atoms with van der Waals surface area (Å²) in [5, 5.41) is 5.25. The second-order valence-electron chi connectivity index (χ2n) is 3.55. The van der Waals surface area contributed by atoms with E-state index in [9.17, 15) is 0 Å². The molecule has 0 aliphatic rings. The Hall–Kier alpha value is -2.70. The minimum Gasteiger partial charge on any atom is -0.124 e. The summed E-state index contributed by atoms with van der Waals surface area (Å²) in [4.78, 5) is 0. The summed E-state index contributed by atoms with van der Waals surface area (Å²) in [6, 6.07) is 21.4. The van der Waals surface area contributed by atoms with Gasteiger partial charge >= 0.3 is 0 Å². The van der Waals surface area contributed by atoms with Crippen LogP contribution in [0.15, 0.2) is 60.7 Å². The molecule has 0 aromatic heterocycles. The lowest BCUT2D eigenvalue weighted by Gasteiger charge is -2.00. The third-order valence-corrected chi connectivity index (χ3v) is 2.61. The molecule has 0 saturated carbocycles. The van der Waals surface area contributed by atoms with Gasteiger partial charge in [-0.05, 0) is 33.7 Å². The standard InChI is InChI=1S/C14H10.2C2H2/c1-2-6-12-10-14-8-4-3-7-13(14)9-11(12)5-1;2*1-2/h1-10H;2*1-2H. The molecule has 0 nitrogen and oxygen atoms in total. The molecular formula is C18H14. The van der Waals surface area contributed by atoms with Gasteiger partial charge in [0, 0.05) is 0 Å². The fourth-order valence-corrected chi connectivity index (χ4v) is 1.88. The van der Waals surface area contributed by atoms with Crippen LogP contribution < -0.4 is 0 Å². The molecule has 0 unspecified atom stereocenters. The quantitative estimate of drug-likeness (QED) is 0.394. The summed E-state index contributed by atoms with van der Waals surface area (Å²) in [7, 11) is 0. The fraction of sp³-hybridized carbons (Fsp3) is 0. The van der Waals surface area contributed by atoms with E-state index in [4.69, 9.17) is 0 Å². The minimum absolute atomic E-state index is 1.31. The van der Waals surface area contributed by atoms with Crippen LogP contribution in [0.5, 0.6) is 0 Å². The van der Waals surface area contributed by atoms with Crippen molar-refractivity contribution in [1.29, 1.82) is 0 Å². The second kappa shape index (κ2) is 6.79. The maximum atomic E-state index is 4.00. The number of hydrogen-bond acceptors (Lipinski definition) is 0. The van der Waals surface area contributed by atoms with Gasteiger partial charge in [0.1, 0.15) is 0 Å². The summed E-state index contributed by atoms with van der Waals surface area (Å²) in [6.45, 7) is 0. The molecule has 0 atom stereocenters. The van der Waals surface area contributed by atoms with E-state index in [-0.39, 0.29) is 0 Å². The van der Waals surface area contributed by atoms with E-state index in [1.165, 1.54) is 21.5 Å². The van der Waals surface area contributed by atoms with Gasteiger partial charge < -0.3 is 0 Å². The lowest BCUT2D eigenvalue weighted by Crippen LogP contribution is -1.74. The molecule has 0 amide bonds. The van der Waals surface area contributed by atoms with Gasteiger partial charge in [0.25, 0.3) is 0 Å². The predicted octanol–water partition coefficient (Wildman–Crippen LogP) is 4.49. The Labute approximate surface area is 108 Å². The van der Waals surface area contributed by atoms with E-state index in [2.05, 4.69) is 86.4 Å². The van der Waals surface area contributed by atoms with Gasteiger partial charge in [0.15, 0.2) is 0 Å². The molecule has 0 aliphatic heterocycles. The second-order valence-corrected chi connectivity index (χ2v) is 3.55. The molecule has 0 saturated heterocycles. The first-order chi connectivity index (χ1) is 8.93. The van der Waals surface area contributed by atoms with E-state index in [0.717, 1.165) is 0 Å². The van der Waals surface area contributed by atoms with Crippen LogP contribution in [0.4, 0.5) is 0 Å². The van der Waals surface area contributed by atoms with Crippen LogP contribution in [0.1, 0.15) is 0 Å². The molecule has 18 heavy (non-hydrogen) atoms. The fourth-order valence-electron chi connectivity index (χ4n) is 1.88. The lowest BCUT2D eigenvalue weighted by molar-refractivity contribution is 1.76. The molecule has 3 aromatic carbocycles. The van der Waals surface area contributed by atoms with Crippen molar-refractivity contribution >= 4 is 21.5 Å². The van der Waals surface area contributed by atoms with Gasteiger partial charge in [-0.15, -0.1) is 25.7 Å². The molecule has 0 bridgehead atoms. The van der Waals surface area contributed by atoms with Crippen LogP contribution in [0.3, 0.4) is 0 Å². The SMILES string of the molecule is C#C.C#C.c1ccc2cc3ccccc3cc2c1. The van der Waals surface area contributed by atoms with Gasteiger partial charge in [-0.1, -0.05) is 48.5 Å². The van der Waals surface area contributed by atoms with E-state index in [0.29, 0.717) is 0 Å². The Morgan fingerprint density at radius 1 is 0.444 bits per heavy atom. The van der Waals surface area contributed by atoms with Gasteiger partial charge in [-0.25, -0.2) is 0 Å². The average molecular weight is 230 g/mol. The molecule has 0 fully saturated rings. The number of terminal acetylenes is 2. The van der Waals surface area contributed by atoms with Crippen LogP contribution in [-0.4, -0.2) is 0 Å². The summed E-state index contributed by atoms with van der Waals surface area (Å²) >= 11 is 0. The zero-order valence-electron chi connectivity index (χ0n) is 10.1. The van der Waals surface area contributed by atoms with Crippen LogP contribution in [0.25, 0.3) is 21.5 Å². The maximum Gasteiger partial charge on any atom is -0.0178 e. The molecule has 0 aliphatic carbocycles. The smallest absolute Gasteiger partial charge is 0.0178 e. The highest BCUT2D eigenvalue weighted by molar-refractivity contribution is 5.98. The molecule has 86 valence electrons. The van der Waals surface area contributed by atoms with Gasteiger partial charge in [-0.2, -0.15) is 0 Å². The Bertz CT molecular complexity index is 561. The summed E-state index contributed by atoms with van der Waals surface area (Å²) < 4.78 is 0. The molecule has 0 heterocycles. The number of rotatable bonds is 0. The van der Waals surface area contributed by atoms with Crippen molar-refractivity contribution in [3.8, 4) is 25.7 Å². The van der Waals surface area contributed by atoms with Crippen LogP contribution in [-0.2, 0) is 0 Å². The highest BCUT2D eigenvalue weighted by Crippen LogP contribution is 2.21. The number of benzene rings is 3. The monoisotopic (exact) mass is 230 g/mol. The van der Waals surface area contributed by atoms with E-state index >= 15 is 0 Å². The maximum absolute atomic E-state index is 4.00. The predicted molar refractivity (Wildman–Crippen MR) is 81.2 cm³/mol. The topological polar surface area (TPSA) is 0 Å². The number of hydrogen-bond donors (Lipinski definition) is 0. The molecule has 0 spiro atoms. The zero-order valence-corrected chi connectivity index (χ0v) is 10.1. The molecule has 3 aromatic rings. The Kier molecular flexibility index (Phi) is 5.04. The van der Waals surface area contributed by atoms with Crippen molar-refractivity contribution in [1.82, 2.24) is 0 Å². The Morgan fingerprint density at radius 2 is 0.667 bits per heavy atom. The van der Waals surface area contributed by atoms with Gasteiger partial charge in [0.05, 0.1) is 0 Å². The van der Waals surface area contributed by atoms with Crippen LogP contribution in [0, 0.1) is 25.7 Å². The van der Waals surface area contributed by atoms with Gasteiger partial charge in [0.2, 0.25) is 0 Å². The first-order valence-electron chi connectivity index (χ1n) is 5.48. The summed E-state index contributed by atoms with van der Waals surface area (Å²) in [6.07, 6.45) is 16.0. The summed E-state index contributed by atoms with van der Waals surface area (Å²) in [5.41, 5.74) is 0. The third-order valence-electron chi connectivity index (χ3n) is 2.61.